The maximum absolute atomic E-state index is 10.0. The molecule has 2 heterocycles. The third-order valence-corrected chi connectivity index (χ3v) is 7.90. The van der Waals surface area contributed by atoms with Gasteiger partial charge in [0, 0.05) is 23.9 Å². The zero-order valence-corrected chi connectivity index (χ0v) is 23.8. The highest BCUT2D eigenvalue weighted by molar-refractivity contribution is 6.36. The number of aromatic nitrogens is 4. The second-order valence-electron chi connectivity index (χ2n) is 10.6. The third kappa shape index (κ3) is 5.63. The molecular weight excluding hydrogens is 559 g/mol. The number of halogens is 1. The molecule has 1 aliphatic rings. The van der Waals surface area contributed by atoms with Crippen LogP contribution >= 0.6 is 11.6 Å². The number of hydrogen-bond donors (Lipinski definition) is 3. The van der Waals surface area contributed by atoms with Crippen molar-refractivity contribution >= 4 is 41.7 Å². The van der Waals surface area contributed by atoms with Crippen LogP contribution in [0.2, 0.25) is 5.02 Å². The van der Waals surface area contributed by atoms with E-state index in [0.717, 1.165) is 18.4 Å². The molecule has 1 saturated carbocycles. The molecule has 2 radical (unpaired) electrons. The monoisotopic (exact) mass is 584 g/mol. The molecule has 0 saturated heterocycles. The maximum Gasteiger partial charge on any atom is 0.119 e. The van der Waals surface area contributed by atoms with Crippen molar-refractivity contribution < 1.29 is 5.11 Å². The molecule has 2 aromatic heterocycles. The van der Waals surface area contributed by atoms with Crippen molar-refractivity contribution in [1.82, 2.24) is 20.0 Å². The molecule has 0 aliphatic heterocycles. The number of anilines is 2. The number of nitrogens with one attached hydrogen (secondary N) is 2. The quantitative estimate of drug-likeness (QED) is 0.181. The first-order chi connectivity index (χ1) is 20.9. The van der Waals surface area contributed by atoms with Gasteiger partial charge in [0.25, 0.3) is 0 Å². The molecular formula is C32H26BClN8O. The Bertz CT molecular complexity index is 1880. The predicted molar refractivity (Wildman–Crippen MR) is 166 cm³/mol. The van der Waals surface area contributed by atoms with Crippen molar-refractivity contribution in [3.63, 3.8) is 0 Å². The van der Waals surface area contributed by atoms with E-state index in [4.69, 9.17) is 19.4 Å². The highest BCUT2D eigenvalue weighted by atomic mass is 35.5. The Kier molecular flexibility index (Phi) is 7.73. The van der Waals surface area contributed by atoms with Gasteiger partial charge in [0.15, 0.2) is 0 Å². The lowest BCUT2D eigenvalue weighted by Gasteiger charge is -2.32. The molecule has 43 heavy (non-hydrogen) atoms. The van der Waals surface area contributed by atoms with Crippen molar-refractivity contribution in [2.75, 3.05) is 17.2 Å². The Morgan fingerprint density at radius 1 is 1.09 bits per heavy atom. The van der Waals surface area contributed by atoms with Crippen LogP contribution in [0.15, 0.2) is 79.1 Å². The fourth-order valence-electron chi connectivity index (χ4n) is 5.20. The second kappa shape index (κ2) is 11.8. The van der Waals surface area contributed by atoms with E-state index < -0.39 is 5.44 Å². The van der Waals surface area contributed by atoms with E-state index in [2.05, 4.69) is 38.1 Å². The number of aliphatic hydroxyl groups is 1. The van der Waals surface area contributed by atoms with Gasteiger partial charge in [0.1, 0.15) is 19.6 Å². The summed E-state index contributed by atoms with van der Waals surface area (Å²) in [7, 11) is 7.12. The summed E-state index contributed by atoms with van der Waals surface area (Å²) in [5.41, 5.74) is 3.02. The molecule has 0 spiro atoms. The van der Waals surface area contributed by atoms with Crippen LogP contribution < -0.4 is 10.6 Å². The first-order valence-electron chi connectivity index (χ1n) is 13.9. The van der Waals surface area contributed by atoms with E-state index in [9.17, 15) is 15.6 Å². The second-order valence-corrected chi connectivity index (χ2v) is 11.0. The number of aliphatic hydroxyl groups excluding tert-OH is 1. The number of benzene rings is 3. The summed E-state index contributed by atoms with van der Waals surface area (Å²) in [6.07, 6.45) is 5.79. The van der Waals surface area contributed by atoms with E-state index in [-0.39, 0.29) is 12.6 Å². The lowest BCUT2D eigenvalue weighted by Crippen LogP contribution is -2.38. The van der Waals surface area contributed by atoms with Gasteiger partial charge in [0.05, 0.1) is 57.1 Å². The van der Waals surface area contributed by atoms with E-state index in [1.807, 2.05) is 53.3 Å². The Labute approximate surface area is 255 Å². The van der Waals surface area contributed by atoms with Crippen molar-refractivity contribution in [3.05, 3.63) is 112 Å². The summed E-state index contributed by atoms with van der Waals surface area (Å²) >= 11 is 6.80. The maximum atomic E-state index is 10.0. The average Bonchev–Trinajstić information content (AvgIpc) is 3.76. The number of hydrogen-bond acceptors (Lipinski definition) is 8. The number of fused-ring (bicyclic) bond motifs is 1. The Morgan fingerprint density at radius 2 is 1.91 bits per heavy atom. The van der Waals surface area contributed by atoms with Crippen molar-refractivity contribution in [3.8, 4) is 12.1 Å². The van der Waals surface area contributed by atoms with Gasteiger partial charge >= 0.3 is 0 Å². The molecule has 1 fully saturated rings. The summed E-state index contributed by atoms with van der Waals surface area (Å²) in [6, 6.07) is 24.7. The van der Waals surface area contributed by atoms with Crippen LogP contribution in [0.1, 0.15) is 59.3 Å². The van der Waals surface area contributed by atoms with E-state index >= 15 is 0 Å². The highest BCUT2D eigenvalue weighted by Crippen LogP contribution is 2.39. The van der Waals surface area contributed by atoms with Crippen LogP contribution in [-0.2, 0) is 5.44 Å². The molecule has 9 nitrogen and oxygen atoms in total. The summed E-state index contributed by atoms with van der Waals surface area (Å²) < 4.78 is 1.82. The molecule has 1 unspecified atom stereocenters. The van der Waals surface area contributed by atoms with Crippen LogP contribution in [0.5, 0.6) is 0 Å². The fourth-order valence-corrected chi connectivity index (χ4v) is 5.47. The zero-order valence-electron chi connectivity index (χ0n) is 23.1. The average molecular weight is 585 g/mol. The zero-order chi connectivity index (χ0) is 30.0. The van der Waals surface area contributed by atoms with Crippen LogP contribution in [0.4, 0.5) is 11.4 Å². The Balaban J connectivity index is 1.47. The van der Waals surface area contributed by atoms with Crippen LogP contribution in [0, 0.1) is 22.7 Å². The first-order valence-corrected chi connectivity index (χ1v) is 14.3. The minimum absolute atomic E-state index is 0.0516. The molecule has 0 amide bonds. The van der Waals surface area contributed by atoms with Gasteiger partial charge in [-0.15, -0.1) is 5.10 Å². The fraction of sp³-hybridized carbons (Fsp3) is 0.219. The van der Waals surface area contributed by atoms with Crippen LogP contribution in [-0.4, -0.2) is 39.5 Å². The minimum Gasteiger partial charge on any atom is -0.396 e. The summed E-state index contributed by atoms with van der Waals surface area (Å²) in [4.78, 5) is 4.48. The largest absolute Gasteiger partial charge is 0.396 e. The Hall–Kier alpha value is -4.90. The Morgan fingerprint density at radius 3 is 2.63 bits per heavy atom. The van der Waals surface area contributed by atoms with Gasteiger partial charge in [-0.2, -0.15) is 10.5 Å². The van der Waals surface area contributed by atoms with Gasteiger partial charge < -0.3 is 15.7 Å². The van der Waals surface area contributed by atoms with Gasteiger partial charge in [0.2, 0.25) is 0 Å². The molecule has 0 bridgehead atoms. The van der Waals surface area contributed by atoms with Gasteiger partial charge in [-0.1, -0.05) is 59.3 Å². The molecule has 2 atom stereocenters. The van der Waals surface area contributed by atoms with E-state index in [1.54, 1.807) is 24.3 Å². The summed E-state index contributed by atoms with van der Waals surface area (Å²) in [5.74, 6) is 0. The molecule has 210 valence electrons. The molecule has 11 heteroatoms. The van der Waals surface area contributed by atoms with Crippen LogP contribution in [0.25, 0.3) is 10.9 Å². The smallest absolute Gasteiger partial charge is 0.119 e. The number of pyridine rings is 1. The number of rotatable bonds is 10. The molecule has 3 aromatic carbocycles. The van der Waals surface area contributed by atoms with E-state index in [0.29, 0.717) is 62.1 Å². The van der Waals surface area contributed by atoms with Crippen molar-refractivity contribution in [2.24, 2.45) is 0 Å². The number of nitrogens with zero attached hydrogens (tertiary/aromatic N) is 6. The minimum atomic E-state index is -1.38. The van der Waals surface area contributed by atoms with Crippen molar-refractivity contribution in [1.29, 1.82) is 10.5 Å². The molecule has 6 rings (SSSR count). The predicted octanol–water partition coefficient (Wildman–Crippen LogP) is 5.58. The third-order valence-electron chi connectivity index (χ3n) is 7.61. The van der Waals surface area contributed by atoms with Gasteiger partial charge in [-0.3, -0.25) is 4.98 Å². The van der Waals surface area contributed by atoms with Crippen LogP contribution in [0.3, 0.4) is 0 Å². The molecule has 1 aliphatic carbocycles. The molecule has 5 aromatic rings. The summed E-state index contributed by atoms with van der Waals surface area (Å²) in [6.45, 7) is -0.0516. The lowest BCUT2D eigenvalue weighted by molar-refractivity contribution is 0.280. The first kappa shape index (κ1) is 28.2. The standard InChI is InChI=1S/C32H26BClN8O/c33-32(23-8-4-5-20(13-23)16-35,29-19-42(41-40-29)25-9-10-25)39-24-14-26-30(22(17-36)18-37-31(26)27(34)15-24)38-28(11-12-43)21-6-2-1-3-7-21/h1-8,13-15,18-19,25,28,39,43H,9-12H2,(H,37,38)/t28-,32?/m1/s1. The van der Waals surface area contributed by atoms with Gasteiger partial charge in [-0.05, 0) is 54.7 Å². The highest BCUT2D eigenvalue weighted by Gasteiger charge is 2.34. The van der Waals surface area contributed by atoms with Crippen molar-refractivity contribution in [2.45, 2.75) is 36.8 Å². The normalized spacial score (nSPS) is 14.8. The van der Waals surface area contributed by atoms with E-state index in [1.165, 1.54) is 6.20 Å². The lowest BCUT2D eigenvalue weighted by atomic mass is 9.69. The molecule has 3 N–H and O–H groups in total. The topological polar surface area (TPSA) is 135 Å². The summed E-state index contributed by atoms with van der Waals surface area (Å²) in [5, 5.41) is 46.0. The van der Waals surface area contributed by atoms with Gasteiger partial charge in [-0.25, -0.2) is 4.68 Å². The number of nitriles is 2. The SMILES string of the molecule is [B]C(Nc1cc(Cl)c2ncc(C#N)c(N[C@H](CCO)c3ccccc3)c2c1)(c1cccc(C#N)c1)c1cn(C2CC2)nn1.